The van der Waals surface area contributed by atoms with Crippen LogP contribution in [0.2, 0.25) is 0 Å². The van der Waals surface area contributed by atoms with Gasteiger partial charge < -0.3 is 10.6 Å². The molecule has 1 atom stereocenters. The van der Waals surface area contributed by atoms with Gasteiger partial charge in [-0.2, -0.15) is 5.10 Å². The van der Waals surface area contributed by atoms with E-state index >= 15 is 0 Å². The normalized spacial score (nSPS) is 16.5. The van der Waals surface area contributed by atoms with Crippen LogP contribution in [0.5, 0.6) is 0 Å². The van der Waals surface area contributed by atoms with Crippen LogP contribution >= 0.6 is 0 Å². The second-order valence-electron chi connectivity index (χ2n) is 8.11. The second-order valence-corrected chi connectivity index (χ2v) is 8.11. The highest BCUT2D eigenvalue weighted by Gasteiger charge is 2.28. The summed E-state index contributed by atoms with van der Waals surface area (Å²) in [5, 5.41) is 5.32. The number of anilines is 1. The van der Waals surface area contributed by atoms with Crippen molar-refractivity contribution in [1.29, 1.82) is 0 Å². The van der Waals surface area contributed by atoms with Gasteiger partial charge in [0.2, 0.25) is 0 Å². The lowest BCUT2D eigenvalue weighted by atomic mass is 9.92. The minimum Gasteiger partial charge on any atom is -0.397 e. The van der Waals surface area contributed by atoms with E-state index in [1.807, 2.05) is 76.4 Å². The molecule has 1 fully saturated rings. The molecule has 0 bridgehead atoms. The Morgan fingerprint density at radius 3 is 2.81 bits per heavy atom. The van der Waals surface area contributed by atoms with E-state index in [1.165, 1.54) is 0 Å². The summed E-state index contributed by atoms with van der Waals surface area (Å²) < 4.78 is 1.84. The molecule has 4 aromatic rings. The smallest absolute Gasteiger partial charge is 0.254 e. The van der Waals surface area contributed by atoms with Crippen molar-refractivity contribution in [2.45, 2.75) is 25.3 Å². The number of pyridine rings is 1. The minimum absolute atomic E-state index is 0.0619. The van der Waals surface area contributed by atoms with Crippen LogP contribution in [0.25, 0.3) is 10.9 Å². The molecule has 6 heteroatoms. The van der Waals surface area contributed by atoms with Crippen molar-refractivity contribution in [3.63, 3.8) is 0 Å². The van der Waals surface area contributed by atoms with Crippen molar-refractivity contribution in [3.05, 3.63) is 89.9 Å². The fourth-order valence-electron chi connectivity index (χ4n) is 4.46. The Labute approximate surface area is 181 Å². The Bertz CT molecular complexity index is 1220. The van der Waals surface area contributed by atoms with Gasteiger partial charge in [-0.25, -0.2) is 0 Å². The highest BCUT2D eigenvalue weighted by molar-refractivity contribution is 5.96. The maximum atomic E-state index is 13.5. The zero-order valence-electron chi connectivity index (χ0n) is 17.3. The zero-order chi connectivity index (χ0) is 21.2. The molecule has 0 unspecified atom stereocenters. The standard InChI is InChI=1S/C25H25N5O/c26-22-15-18-7-2-4-11-23(18)28-24(22)20-9-5-13-29(16-20)25(31)21-10-3-1-8-19(21)17-30-14-6-12-27-30/h1-4,6-8,10-12,14-15,20H,5,9,13,16-17,26H2/t20-/m0/s1. The number of rotatable bonds is 4. The molecule has 6 nitrogen and oxygen atoms in total. The fourth-order valence-corrected chi connectivity index (χ4v) is 4.46. The van der Waals surface area contributed by atoms with Crippen LogP contribution in [0, 0.1) is 0 Å². The van der Waals surface area contributed by atoms with Crippen molar-refractivity contribution in [3.8, 4) is 0 Å². The monoisotopic (exact) mass is 411 g/mol. The number of amides is 1. The lowest BCUT2D eigenvalue weighted by Crippen LogP contribution is -2.40. The number of hydrogen-bond donors (Lipinski definition) is 1. The van der Waals surface area contributed by atoms with Crippen LogP contribution in [0.3, 0.4) is 0 Å². The molecule has 2 N–H and O–H groups in total. The fraction of sp³-hybridized carbons (Fsp3) is 0.240. The number of nitrogen functional groups attached to an aromatic ring is 1. The third kappa shape index (κ3) is 3.89. The van der Waals surface area contributed by atoms with Crippen molar-refractivity contribution in [2.75, 3.05) is 18.8 Å². The molecular weight excluding hydrogens is 386 g/mol. The van der Waals surface area contributed by atoms with Crippen LogP contribution in [-0.2, 0) is 6.54 Å². The third-order valence-electron chi connectivity index (χ3n) is 6.02. The molecule has 5 rings (SSSR count). The maximum absolute atomic E-state index is 13.5. The van der Waals surface area contributed by atoms with Gasteiger partial charge in [-0.05, 0) is 42.7 Å². The highest BCUT2D eigenvalue weighted by atomic mass is 16.2. The van der Waals surface area contributed by atoms with E-state index in [-0.39, 0.29) is 11.8 Å². The maximum Gasteiger partial charge on any atom is 0.254 e. The van der Waals surface area contributed by atoms with Gasteiger partial charge in [-0.15, -0.1) is 0 Å². The van der Waals surface area contributed by atoms with Gasteiger partial charge in [0.25, 0.3) is 5.91 Å². The molecule has 0 saturated carbocycles. The quantitative estimate of drug-likeness (QED) is 0.549. The average molecular weight is 412 g/mol. The number of fused-ring (bicyclic) bond motifs is 1. The van der Waals surface area contributed by atoms with Gasteiger partial charge in [0, 0.05) is 42.4 Å². The SMILES string of the molecule is Nc1cc2ccccc2nc1[C@H]1CCCN(C(=O)c2ccccc2Cn2cccn2)C1. The Balaban J connectivity index is 1.40. The predicted molar refractivity (Wildman–Crippen MR) is 122 cm³/mol. The van der Waals surface area contributed by atoms with Gasteiger partial charge in [-0.3, -0.25) is 14.5 Å². The molecule has 1 aliphatic heterocycles. The molecule has 1 saturated heterocycles. The summed E-state index contributed by atoms with van der Waals surface area (Å²) in [4.78, 5) is 20.3. The third-order valence-corrected chi connectivity index (χ3v) is 6.02. The molecule has 156 valence electrons. The topological polar surface area (TPSA) is 77.0 Å². The van der Waals surface area contributed by atoms with Crippen LogP contribution < -0.4 is 5.73 Å². The Kier molecular flexibility index (Phi) is 5.12. The number of para-hydroxylation sites is 1. The Hall–Kier alpha value is -3.67. The Morgan fingerprint density at radius 1 is 1.10 bits per heavy atom. The predicted octanol–water partition coefficient (Wildman–Crippen LogP) is 4.08. The summed E-state index contributed by atoms with van der Waals surface area (Å²) >= 11 is 0. The molecule has 1 aliphatic rings. The van der Waals surface area contributed by atoms with Crippen molar-refractivity contribution >= 4 is 22.5 Å². The van der Waals surface area contributed by atoms with E-state index in [0.29, 0.717) is 18.8 Å². The number of nitrogens with two attached hydrogens (primary N) is 1. The lowest BCUT2D eigenvalue weighted by molar-refractivity contribution is 0.0705. The van der Waals surface area contributed by atoms with Gasteiger partial charge >= 0.3 is 0 Å². The first-order valence-corrected chi connectivity index (χ1v) is 10.7. The highest BCUT2D eigenvalue weighted by Crippen LogP contribution is 2.32. The minimum atomic E-state index is 0.0619. The van der Waals surface area contributed by atoms with Gasteiger partial charge in [-0.1, -0.05) is 36.4 Å². The van der Waals surface area contributed by atoms with E-state index in [1.54, 1.807) is 6.20 Å². The number of aromatic nitrogens is 3. The number of carbonyl (C=O) groups is 1. The number of carbonyl (C=O) groups excluding carboxylic acids is 1. The van der Waals surface area contributed by atoms with Gasteiger partial charge in [0.15, 0.2) is 0 Å². The molecule has 0 radical (unpaired) electrons. The van der Waals surface area contributed by atoms with Crippen molar-refractivity contribution in [2.24, 2.45) is 0 Å². The number of hydrogen-bond acceptors (Lipinski definition) is 4. The van der Waals surface area contributed by atoms with E-state index < -0.39 is 0 Å². The first kappa shape index (κ1) is 19.3. The van der Waals surface area contributed by atoms with Crippen LogP contribution in [-0.4, -0.2) is 38.7 Å². The number of benzene rings is 2. The summed E-state index contributed by atoms with van der Waals surface area (Å²) in [7, 11) is 0. The summed E-state index contributed by atoms with van der Waals surface area (Å²) in [6.07, 6.45) is 5.58. The van der Waals surface area contributed by atoms with E-state index in [2.05, 4.69) is 5.10 Å². The molecule has 1 amide bonds. The summed E-state index contributed by atoms with van der Waals surface area (Å²) in [5.41, 5.74) is 10.6. The van der Waals surface area contributed by atoms with Gasteiger partial charge in [0.1, 0.15) is 0 Å². The lowest BCUT2D eigenvalue weighted by Gasteiger charge is -2.33. The number of piperidine rings is 1. The van der Waals surface area contributed by atoms with Crippen LogP contribution in [0.15, 0.2) is 73.1 Å². The molecular formula is C25H25N5O. The first-order valence-electron chi connectivity index (χ1n) is 10.7. The van der Waals surface area contributed by atoms with Crippen molar-refractivity contribution < 1.29 is 4.79 Å². The summed E-state index contributed by atoms with van der Waals surface area (Å²) in [5.74, 6) is 0.201. The largest absolute Gasteiger partial charge is 0.397 e. The molecule has 2 aromatic carbocycles. The molecule has 0 spiro atoms. The van der Waals surface area contributed by atoms with E-state index in [9.17, 15) is 4.79 Å². The first-order chi connectivity index (χ1) is 15.2. The zero-order valence-corrected chi connectivity index (χ0v) is 17.3. The summed E-state index contributed by atoms with van der Waals surface area (Å²) in [6.45, 7) is 1.95. The average Bonchev–Trinajstić information content (AvgIpc) is 3.32. The van der Waals surface area contributed by atoms with E-state index in [0.717, 1.165) is 47.1 Å². The van der Waals surface area contributed by atoms with Crippen LogP contribution in [0.1, 0.15) is 40.4 Å². The van der Waals surface area contributed by atoms with E-state index in [4.69, 9.17) is 10.7 Å². The number of likely N-dealkylation sites (tertiary alicyclic amines) is 1. The van der Waals surface area contributed by atoms with Gasteiger partial charge in [0.05, 0.1) is 23.4 Å². The van der Waals surface area contributed by atoms with Crippen molar-refractivity contribution in [1.82, 2.24) is 19.7 Å². The molecule has 31 heavy (non-hydrogen) atoms. The number of nitrogens with zero attached hydrogens (tertiary/aromatic N) is 4. The molecule has 2 aromatic heterocycles. The Morgan fingerprint density at radius 2 is 1.94 bits per heavy atom. The summed E-state index contributed by atoms with van der Waals surface area (Å²) in [6, 6.07) is 19.7. The molecule has 3 heterocycles. The molecule has 0 aliphatic carbocycles. The van der Waals surface area contributed by atoms with Crippen LogP contribution in [0.4, 0.5) is 5.69 Å². The second kappa shape index (κ2) is 8.22.